The number of rotatable bonds is 7. The summed E-state index contributed by atoms with van der Waals surface area (Å²) < 4.78 is 12.3. The third-order valence-corrected chi connectivity index (χ3v) is 4.76. The molecule has 0 aliphatic carbocycles. The lowest BCUT2D eigenvalue weighted by atomic mass is 10.2. The zero-order valence-corrected chi connectivity index (χ0v) is 14.0. The van der Waals surface area contributed by atoms with Gasteiger partial charge in [-0.05, 0) is 51.6 Å². The zero-order chi connectivity index (χ0) is 14.4. The molecule has 3 nitrogen and oxygen atoms in total. The Morgan fingerprint density at radius 2 is 2.10 bits per heavy atom. The largest absolute Gasteiger partial charge is 0.493 e. The number of hydrogen-bond acceptors (Lipinski definition) is 4. The van der Waals surface area contributed by atoms with Crippen LogP contribution in [0.2, 0.25) is 0 Å². The van der Waals surface area contributed by atoms with Gasteiger partial charge >= 0.3 is 0 Å². The molecule has 0 spiro atoms. The molecule has 0 unspecified atom stereocenters. The van der Waals surface area contributed by atoms with Gasteiger partial charge in [-0.2, -0.15) is 0 Å². The maximum Gasteiger partial charge on any atom is 0.161 e. The number of ether oxygens (including phenoxy) is 2. The Kier molecular flexibility index (Phi) is 5.88. The summed E-state index contributed by atoms with van der Waals surface area (Å²) in [7, 11) is 1.67. The summed E-state index contributed by atoms with van der Waals surface area (Å²) in [5.41, 5.74) is 1.19. The number of nitrogens with one attached hydrogen (secondary N) is 1. The van der Waals surface area contributed by atoms with Crippen molar-refractivity contribution in [2.75, 3.05) is 13.7 Å². The van der Waals surface area contributed by atoms with Gasteiger partial charge in [0.15, 0.2) is 11.5 Å². The molecule has 5 heteroatoms. The van der Waals surface area contributed by atoms with Crippen LogP contribution in [0.1, 0.15) is 17.4 Å². The zero-order valence-electron chi connectivity index (χ0n) is 11.6. The molecule has 2 aromatic rings. The maximum atomic E-state index is 5.85. The summed E-state index contributed by atoms with van der Waals surface area (Å²) in [5, 5.41) is 5.34. The number of thiophene rings is 1. The third-order valence-electron chi connectivity index (χ3n) is 2.86. The lowest BCUT2D eigenvalue weighted by molar-refractivity contribution is 0.286. The highest BCUT2D eigenvalue weighted by atomic mass is 79.9. The van der Waals surface area contributed by atoms with Crippen molar-refractivity contribution in [3.8, 4) is 11.5 Å². The molecule has 0 saturated carbocycles. The van der Waals surface area contributed by atoms with Crippen molar-refractivity contribution in [2.24, 2.45) is 0 Å². The minimum Gasteiger partial charge on any atom is -0.493 e. The topological polar surface area (TPSA) is 30.5 Å². The van der Waals surface area contributed by atoms with Crippen molar-refractivity contribution in [3.63, 3.8) is 0 Å². The van der Waals surface area contributed by atoms with Crippen LogP contribution in [0.5, 0.6) is 11.5 Å². The highest BCUT2D eigenvalue weighted by Gasteiger charge is 2.08. The summed E-state index contributed by atoms with van der Waals surface area (Å²) in [6.45, 7) is 4.42. The molecule has 1 N–H and O–H groups in total. The van der Waals surface area contributed by atoms with Gasteiger partial charge in [0.1, 0.15) is 6.61 Å². The average Bonchev–Trinajstić information content (AvgIpc) is 2.88. The molecule has 0 bridgehead atoms. The number of halogens is 1. The van der Waals surface area contributed by atoms with Crippen LogP contribution in [0.15, 0.2) is 34.1 Å². The van der Waals surface area contributed by atoms with E-state index in [9.17, 15) is 0 Å². The van der Waals surface area contributed by atoms with Crippen molar-refractivity contribution < 1.29 is 9.47 Å². The van der Waals surface area contributed by atoms with Crippen LogP contribution in [0.4, 0.5) is 0 Å². The molecule has 1 aromatic heterocycles. The second kappa shape index (κ2) is 7.67. The number of methoxy groups -OCH3 is 1. The first kappa shape index (κ1) is 15.4. The minimum absolute atomic E-state index is 0.543. The molecule has 2 rings (SSSR count). The first-order chi connectivity index (χ1) is 9.74. The Bertz CT molecular complexity index is 557. The van der Waals surface area contributed by atoms with Crippen molar-refractivity contribution >= 4 is 27.3 Å². The monoisotopic (exact) mass is 355 g/mol. The molecule has 1 heterocycles. The fourth-order valence-electron chi connectivity index (χ4n) is 1.78. The standard InChI is InChI=1S/C15H18BrNO2S/c1-3-17-9-11-4-5-13(14(8-11)18-2)19-10-15-12(16)6-7-20-15/h4-8,17H,3,9-10H2,1-2H3. The predicted molar refractivity (Wildman–Crippen MR) is 86.7 cm³/mol. The highest BCUT2D eigenvalue weighted by molar-refractivity contribution is 9.10. The van der Waals surface area contributed by atoms with Gasteiger partial charge in [0.2, 0.25) is 0 Å². The van der Waals surface area contributed by atoms with E-state index in [0.717, 1.165) is 29.1 Å². The fourth-order valence-corrected chi connectivity index (χ4v) is 3.16. The summed E-state index contributed by atoms with van der Waals surface area (Å²) in [6, 6.07) is 8.07. The second-order valence-electron chi connectivity index (χ2n) is 4.25. The van der Waals surface area contributed by atoms with Crippen LogP contribution >= 0.6 is 27.3 Å². The van der Waals surface area contributed by atoms with Crippen LogP contribution in [0.25, 0.3) is 0 Å². The van der Waals surface area contributed by atoms with E-state index in [0.29, 0.717) is 6.61 Å². The van der Waals surface area contributed by atoms with Crippen LogP contribution in [-0.4, -0.2) is 13.7 Å². The van der Waals surface area contributed by atoms with Crippen LogP contribution in [0, 0.1) is 0 Å². The van der Waals surface area contributed by atoms with Gasteiger partial charge in [0.05, 0.1) is 12.0 Å². The molecule has 0 aliphatic rings. The fraction of sp³-hybridized carbons (Fsp3) is 0.333. The van der Waals surface area contributed by atoms with E-state index >= 15 is 0 Å². The Morgan fingerprint density at radius 3 is 2.75 bits per heavy atom. The molecule has 0 aliphatic heterocycles. The number of benzene rings is 1. The SMILES string of the molecule is CCNCc1ccc(OCc2sccc2Br)c(OC)c1. The summed E-state index contributed by atoms with van der Waals surface area (Å²) in [4.78, 5) is 1.17. The Hall–Kier alpha value is -1.04. The molecule has 0 amide bonds. The quantitative estimate of drug-likeness (QED) is 0.806. The van der Waals surface area contributed by atoms with Gasteiger partial charge < -0.3 is 14.8 Å². The predicted octanol–water partition coefficient (Wildman–Crippen LogP) is 4.21. The van der Waals surface area contributed by atoms with E-state index < -0.39 is 0 Å². The highest BCUT2D eigenvalue weighted by Crippen LogP contribution is 2.30. The molecular formula is C15H18BrNO2S. The first-order valence-electron chi connectivity index (χ1n) is 6.47. The summed E-state index contributed by atoms with van der Waals surface area (Å²) in [5.74, 6) is 1.54. The van der Waals surface area contributed by atoms with E-state index in [1.165, 1.54) is 10.4 Å². The summed E-state index contributed by atoms with van der Waals surface area (Å²) in [6.07, 6.45) is 0. The number of hydrogen-bond donors (Lipinski definition) is 1. The van der Waals surface area contributed by atoms with Crippen LogP contribution in [0.3, 0.4) is 0 Å². The van der Waals surface area contributed by atoms with E-state index in [2.05, 4.69) is 34.2 Å². The molecular weight excluding hydrogens is 338 g/mol. The van der Waals surface area contributed by atoms with E-state index in [4.69, 9.17) is 9.47 Å². The van der Waals surface area contributed by atoms with Crippen LogP contribution in [-0.2, 0) is 13.2 Å². The van der Waals surface area contributed by atoms with E-state index in [-0.39, 0.29) is 0 Å². The maximum absolute atomic E-state index is 5.85. The van der Waals surface area contributed by atoms with Crippen molar-refractivity contribution in [2.45, 2.75) is 20.1 Å². The van der Waals surface area contributed by atoms with Gasteiger partial charge in [-0.15, -0.1) is 11.3 Å². The van der Waals surface area contributed by atoms with Gasteiger partial charge in [0.25, 0.3) is 0 Å². The molecule has 108 valence electrons. The molecule has 0 saturated heterocycles. The lowest BCUT2D eigenvalue weighted by Gasteiger charge is -2.12. The van der Waals surface area contributed by atoms with E-state index in [1.54, 1.807) is 18.4 Å². The average molecular weight is 356 g/mol. The Morgan fingerprint density at radius 1 is 1.25 bits per heavy atom. The first-order valence-corrected chi connectivity index (χ1v) is 8.14. The lowest BCUT2D eigenvalue weighted by Crippen LogP contribution is -2.11. The molecule has 20 heavy (non-hydrogen) atoms. The third kappa shape index (κ3) is 3.98. The van der Waals surface area contributed by atoms with Gasteiger partial charge in [-0.1, -0.05) is 13.0 Å². The second-order valence-corrected chi connectivity index (χ2v) is 6.10. The Balaban J connectivity index is 2.05. The molecule has 0 radical (unpaired) electrons. The van der Waals surface area contributed by atoms with Crippen molar-refractivity contribution in [1.82, 2.24) is 5.32 Å². The minimum atomic E-state index is 0.543. The van der Waals surface area contributed by atoms with Crippen molar-refractivity contribution in [1.29, 1.82) is 0 Å². The normalized spacial score (nSPS) is 10.6. The molecule has 0 atom stereocenters. The summed E-state index contributed by atoms with van der Waals surface area (Å²) >= 11 is 5.18. The molecule has 0 fully saturated rings. The smallest absolute Gasteiger partial charge is 0.161 e. The van der Waals surface area contributed by atoms with Gasteiger partial charge in [0, 0.05) is 11.0 Å². The van der Waals surface area contributed by atoms with Gasteiger partial charge in [-0.25, -0.2) is 0 Å². The Labute approximate surface area is 132 Å². The van der Waals surface area contributed by atoms with Crippen LogP contribution < -0.4 is 14.8 Å². The van der Waals surface area contributed by atoms with Crippen molar-refractivity contribution in [3.05, 3.63) is 44.6 Å². The van der Waals surface area contributed by atoms with E-state index in [1.807, 2.05) is 23.6 Å². The molecule has 1 aromatic carbocycles. The van der Waals surface area contributed by atoms with Gasteiger partial charge in [-0.3, -0.25) is 0 Å².